The van der Waals surface area contributed by atoms with E-state index in [4.69, 9.17) is 44.1 Å². The van der Waals surface area contributed by atoms with Crippen LogP contribution in [0.2, 0.25) is 0 Å². The second-order valence-electron chi connectivity index (χ2n) is 32.0. The normalized spacial score (nSPS) is 14.4. The molecule has 2 aliphatic rings. The van der Waals surface area contributed by atoms with Crippen molar-refractivity contribution in [3.63, 3.8) is 0 Å². The second kappa shape index (κ2) is 42.9. The first-order valence-electron chi connectivity index (χ1n) is 42.6. The van der Waals surface area contributed by atoms with E-state index in [0.29, 0.717) is 141 Å². The molecule has 18 rings (SSSR count). The Labute approximate surface area is 764 Å². The number of nitrogen functional groups attached to an aromatic ring is 5. The molecule has 678 valence electrons. The summed E-state index contributed by atoms with van der Waals surface area (Å²) in [6.07, 6.45) is 15.6. The fourth-order valence-corrected chi connectivity index (χ4v) is 15.8. The van der Waals surface area contributed by atoms with Gasteiger partial charge in [-0.05, 0) is 232 Å². The van der Waals surface area contributed by atoms with Gasteiger partial charge < -0.3 is 75.7 Å². The zero-order chi connectivity index (χ0) is 94.8. The maximum Gasteiger partial charge on any atom is 0.257 e. The number of nitrogens with two attached hydrogens (primary N) is 5. The smallest absolute Gasteiger partial charge is 0.257 e. The molecule has 134 heavy (non-hydrogen) atoms. The number of aryl methyl sites for hydroxylation is 1. The van der Waals surface area contributed by atoms with Crippen molar-refractivity contribution in [1.29, 1.82) is 5.26 Å². The number of aliphatic hydroxyl groups excluding tert-OH is 4. The number of carbonyl (C=O) groups is 5. The van der Waals surface area contributed by atoms with Crippen molar-refractivity contribution in [3.05, 3.63) is 318 Å². The highest BCUT2D eigenvalue weighted by atomic mass is 19.1. The number of nitrogens with one attached hydrogen (secondary N) is 5. The lowest BCUT2D eigenvalue weighted by atomic mass is 9.92. The number of aromatic nitrogens is 7. The SMILES string of the molecule is Cc1ncc(NC(=O)c2cnc(N)c3cc(-c4cccc(F)c4)ccc23)cn1.N#CCNC(=O)c1cnc(N)c2cc(-c3cccc(F)c3)ccc12.Nc1ncc(C(=O)NC(CO)CO)c2ccc(-c3cccc(F)c3)cc12.Nc1ncc(C(=O)NC2CCC(O)CC2)c2ccc(-c3cccc(F)c3)cc12.Nc1ncc(C(=O)N[C@@H]2CCC[C@@H](O)C2)c2ccc(-c3cccc(F)c3)cc12. The van der Waals surface area contributed by atoms with Gasteiger partial charge in [-0.15, -0.1) is 0 Å². The number of amides is 5. The maximum atomic E-state index is 13.6. The largest absolute Gasteiger partial charge is 0.394 e. The van der Waals surface area contributed by atoms with Gasteiger partial charge in [-0.3, -0.25) is 24.0 Å². The third-order valence-electron chi connectivity index (χ3n) is 22.8. The Hall–Kier alpha value is -16.3. The van der Waals surface area contributed by atoms with Gasteiger partial charge in [0.25, 0.3) is 29.5 Å². The topological polar surface area (TPSA) is 471 Å². The Morgan fingerprint density at radius 3 is 0.985 bits per heavy atom. The number of hydrogen-bond donors (Lipinski definition) is 14. The molecule has 16 aromatic rings. The number of nitriles is 1. The molecule has 6 aromatic heterocycles. The van der Waals surface area contributed by atoms with E-state index in [-0.39, 0.29) is 108 Å². The molecule has 27 nitrogen and oxygen atoms in total. The summed E-state index contributed by atoms with van der Waals surface area (Å²) in [7, 11) is 0. The van der Waals surface area contributed by atoms with Gasteiger partial charge in [0.05, 0.1) is 83.4 Å². The van der Waals surface area contributed by atoms with Crippen molar-refractivity contribution < 1.29 is 66.4 Å². The minimum atomic E-state index is -0.762. The summed E-state index contributed by atoms with van der Waals surface area (Å²) in [5.74, 6) is -1.19. The van der Waals surface area contributed by atoms with E-state index in [1.54, 1.807) is 97.9 Å². The average molecular weight is 1810 g/mol. The van der Waals surface area contributed by atoms with E-state index in [9.17, 15) is 56.1 Å². The second-order valence-corrected chi connectivity index (χ2v) is 32.0. The molecule has 5 amide bonds. The molecular formula is C102H91F5N18O9. The molecule has 32 heteroatoms. The number of fused-ring (bicyclic) bond motifs is 5. The number of anilines is 6. The molecule has 0 bridgehead atoms. The van der Waals surface area contributed by atoms with Gasteiger partial charge in [-0.25, -0.2) is 56.8 Å². The lowest BCUT2D eigenvalue weighted by molar-refractivity contribution is 0.0846. The van der Waals surface area contributed by atoms with Crippen LogP contribution in [-0.4, -0.2) is 135 Å². The first-order chi connectivity index (χ1) is 64.6. The van der Waals surface area contributed by atoms with Crippen LogP contribution in [0.3, 0.4) is 0 Å². The molecule has 0 unspecified atom stereocenters. The predicted octanol–water partition coefficient (Wildman–Crippen LogP) is 15.9. The van der Waals surface area contributed by atoms with E-state index >= 15 is 0 Å². The van der Waals surface area contributed by atoms with Crippen LogP contribution in [-0.2, 0) is 0 Å². The number of benzene rings is 10. The van der Waals surface area contributed by atoms with Crippen molar-refractivity contribution in [3.8, 4) is 61.7 Å². The molecule has 6 heterocycles. The van der Waals surface area contributed by atoms with Gasteiger partial charge >= 0.3 is 0 Å². The molecule has 0 spiro atoms. The van der Waals surface area contributed by atoms with Gasteiger partial charge in [0.15, 0.2) is 0 Å². The van der Waals surface area contributed by atoms with E-state index in [0.717, 1.165) is 71.0 Å². The first kappa shape index (κ1) is 93.8. The summed E-state index contributed by atoms with van der Waals surface area (Å²) in [4.78, 5) is 91.7. The zero-order valence-corrected chi connectivity index (χ0v) is 72.1. The number of carbonyl (C=O) groups excluding carboxylic acids is 5. The molecule has 2 aliphatic carbocycles. The monoisotopic (exact) mass is 1810 g/mol. The minimum absolute atomic E-state index is 0.0459. The average Bonchev–Trinajstić information content (AvgIpc) is 0.790. The lowest BCUT2D eigenvalue weighted by Crippen LogP contribution is -2.40. The van der Waals surface area contributed by atoms with Crippen LogP contribution in [0.1, 0.15) is 109 Å². The van der Waals surface area contributed by atoms with Crippen molar-refractivity contribution >= 4 is 118 Å². The van der Waals surface area contributed by atoms with Crippen molar-refractivity contribution in [2.75, 3.05) is 53.7 Å². The van der Waals surface area contributed by atoms with Gasteiger partial charge in [0.1, 0.15) is 70.5 Å². The Morgan fingerprint density at radius 2 is 0.672 bits per heavy atom. The van der Waals surface area contributed by atoms with Gasteiger partial charge in [-0.2, -0.15) is 5.26 Å². The van der Waals surface area contributed by atoms with Crippen LogP contribution in [0.15, 0.2) is 256 Å². The summed E-state index contributed by atoms with van der Waals surface area (Å²) in [5.41, 5.74) is 39.9. The van der Waals surface area contributed by atoms with E-state index in [2.05, 4.69) is 61.5 Å². The zero-order valence-electron chi connectivity index (χ0n) is 72.1. The summed E-state index contributed by atoms with van der Waals surface area (Å²) < 4.78 is 67.6. The molecule has 0 radical (unpaired) electrons. The number of hydrogen-bond acceptors (Lipinski definition) is 22. The van der Waals surface area contributed by atoms with E-state index < -0.39 is 17.9 Å². The van der Waals surface area contributed by atoms with Crippen LogP contribution in [0.5, 0.6) is 0 Å². The molecule has 0 saturated heterocycles. The summed E-state index contributed by atoms with van der Waals surface area (Å²) in [6.45, 7) is 0.907. The number of nitrogens with zero attached hydrogens (tertiary/aromatic N) is 8. The highest BCUT2D eigenvalue weighted by molar-refractivity contribution is 6.16. The minimum Gasteiger partial charge on any atom is -0.394 e. The first-order valence-corrected chi connectivity index (χ1v) is 42.6. The Bertz CT molecular complexity index is 7150. The molecule has 10 aromatic carbocycles. The Kier molecular flexibility index (Phi) is 30.1. The molecule has 19 N–H and O–H groups in total. The van der Waals surface area contributed by atoms with Crippen molar-refractivity contribution in [2.45, 2.75) is 88.6 Å². The molecular weight excluding hydrogens is 1720 g/mol. The van der Waals surface area contributed by atoms with Gasteiger partial charge in [0.2, 0.25) is 0 Å². The molecule has 2 saturated carbocycles. The number of halogens is 5. The van der Waals surface area contributed by atoms with Crippen molar-refractivity contribution in [2.24, 2.45) is 0 Å². The molecule has 0 aliphatic heterocycles. The van der Waals surface area contributed by atoms with E-state index in [1.807, 2.05) is 66.7 Å². The van der Waals surface area contributed by atoms with Crippen LogP contribution in [0, 0.1) is 47.3 Å². The highest BCUT2D eigenvalue weighted by Crippen LogP contribution is 2.37. The predicted molar refractivity (Wildman–Crippen MR) is 507 cm³/mol. The molecule has 2 atom stereocenters. The Morgan fingerprint density at radius 1 is 0.366 bits per heavy atom. The van der Waals surface area contributed by atoms with Crippen LogP contribution < -0.4 is 55.3 Å². The highest BCUT2D eigenvalue weighted by Gasteiger charge is 2.27. The maximum absolute atomic E-state index is 13.6. The van der Waals surface area contributed by atoms with E-state index in [1.165, 1.54) is 104 Å². The number of aliphatic hydroxyl groups is 4. The fourth-order valence-electron chi connectivity index (χ4n) is 15.8. The summed E-state index contributed by atoms with van der Waals surface area (Å²) in [6, 6.07) is 59.4. The van der Waals surface area contributed by atoms with Crippen LogP contribution >= 0.6 is 0 Å². The number of rotatable bonds is 17. The van der Waals surface area contributed by atoms with Crippen LogP contribution in [0.25, 0.3) is 109 Å². The quantitative estimate of drug-likeness (QED) is 0.0297. The van der Waals surface area contributed by atoms with Crippen molar-refractivity contribution in [1.82, 2.24) is 56.2 Å². The molecule has 2 fully saturated rings. The Balaban J connectivity index is 0.000000135. The fraction of sp³-hybridized carbons (Fsp3) is 0.167. The van der Waals surface area contributed by atoms with Crippen LogP contribution in [0.4, 0.5) is 56.7 Å². The summed E-state index contributed by atoms with van der Waals surface area (Å²) in [5, 5.41) is 66.4. The van der Waals surface area contributed by atoms with Gasteiger partial charge in [-0.1, -0.05) is 121 Å². The summed E-state index contributed by atoms with van der Waals surface area (Å²) >= 11 is 0. The third kappa shape index (κ3) is 22.9. The number of pyridine rings is 5. The standard InChI is InChI=1S/2C22H22FN3O2.C21H16FN5O.C19H18FN3O3.C18H13FN4O/c23-15-4-1-3-13(9-15)14-7-8-18-19(10-14)21(24)25-12-20(18)22(28)26-16-5-2-6-17(27)11-16;23-15-3-1-2-13(10-15)14-4-9-18-19(11-14)21(24)25-12-20(18)22(28)26-16-5-7-17(27)8-6-16;1-12-24-9-16(10-25-12)27-21(28)19-11-26-20(23)18-8-14(5-6-17(18)19)13-3-2-4-15(22)7-13;20-13-3-1-2-11(6-13)12-4-5-15-16(7-12)18(21)22-8-17(15)19(26)23-14(9-24)10-25;19-13-3-1-2-11(8-13)12-4-5-14-15(9-12)17(21)23-10-16(14)18(24)22-7-6-20/h1,3-4,7-10,12,16-17,27H,2,5-6,11H2,(H2,24,25)(H,26,28);1-4,9-12,16-17,27H,5-8H2,(H2,24,25)(H,26,28);2-11H,1H3,(H2,23,26)(H,27,28);1-8,14,24-25H,9-10H2,(H2,21,22)(H,23,26);1-5,8-10H,7H2,(H2,21,23)(H,22,24)/t16-,17-;;;;/m1..../s1. The lowest BCUT2D eigenvalue weighted by Gasteiger charge is -2.26. The third-order valence-corrected chi connectivity index (χ3v) is 22.8. The van der Waals surface area contributed by atoms with Gasteiger partial charge in [0, 0.05) is 70.0 Å².